The maximum Gasteiger partial charge on any atom is 0.284 e. The molecule has 2 aromatic rings. The van der Waals surface area contributed by atoms with Gasteiger partial charge in [-0.2, -0.15) is 8.42 Å². The summed E-state index contributed by atoms with van der Waals surface area (Å²) in [4.78, 5) is 13.5. The van der Waals surface area contributed by atoms with Gasteiger partial charge in [0.25, 0.3) is 10.0 Å². The average Bonchev–Trinajstić information content (AvgIpc) is 2.57. The number of benzene rings is 2. The number of anilines is 1. The van der Waals surface area contributed by atoms with E-state index in [1.807, 2.05) is 0 Å². The molecule has 0 fully saturated rings. The summed E-state index contributed by atoms with van der Waals surface area (Å²) in [7, 11) is -0.648. The molecule has 0 aliphatic heterocycles. The Morgan fingerprint density at radius 3 is 2.62 bits per heavy atom. The van der Waals surface area contributed by atoms with Crippen LogP contribution in [-0.2, 0) is 21.2 Å². The first-order valence-electron chi connectivity index (χ1n) is 7.49. The minimum atomic E-state index is -3.94. The zero-order chi connectivity index (χ0) is 19.3. The van der Waals surface area contributed by atoms with Crippen molar-refractivity contribution >= 4 is 43.9 Å². The van der Waals surface area contributed by atoms with Crippen LogP contribution in [0.25, 0.3) is 0 Å². The predicted octanol–water partition coefficient (Wildman–Crippen LogP) is 3.05. The van der Waals surface area contributed by atoms with E-state index in [-0.39, 0.29) is 22.6 Å². The Bertz CT molecular complexity index is 946. The molecule has 0 saturated carbocycles. The number of rotatable bonds is 6. The topological polar surface area (TPSA) is 78.8 Å². The molecule has 0 bridgehead atoms. The number of carbonyl (C=O) groups excluding carboxylic acids is 1. The van der Waals surface area contributed by atoms with E-state index < -0.39 is 21.7 Å². The molecule has 138 valence electrons. The molecule has 0 atom stereocenters. The molecule has 0 aliphatic carbocycles. The van der Waals surface area contributed by atoms with Crippen LogP contribution in [0, 0.1) is 5.82 Å². The number of hydrogen-bond donors (Lipinski definition) is 1. The Hall–Kier alpha value is -2.26. The van der Waals surface area contributed by atoms with Gasteiger partial charge in [-0.05, 0) is 45.8 Å². The minimum absolute atomic E-state index is 0.0840. The molecule has 26 heavy (non-hydrogen) atoms. The lowest BCUT2D eigenvalue weighted by atomic mass is 10.1. The largest absolute Gasteiger partial charge is 0.368 e. The monoisotopic (exact) mass is 441 g/mol. The van der Waals surface area contributed by atoms with Crippen molar-refractivity contribution in [3.63, 3.8) is 0 Å². The van der Waals surface area contributed by atoms with Crippen LogP contribution in [0.4, 0.5) is 10.1 Å². The van der Waals surface area contributed by atoms with E-state index in [0.717, 1.165) is 0 Å². The molecule has 0 saturated heterocycles. The lowest BCUT2D eigenvalue weighted by Gasteiger charge is -2.09. The summed E-state index contributed by atoms with van der Waals surface area (Å²) < 4.78 is 42.1. The van der Waals surface area contributed by atoms with E-state index in [0.29, 0.717) is 4.47 Å². The highest BCUT2D eigenvalue weighted by Gasteiger charge is 2.18. The fourth-order valence-corrected chi connectivity index (χ4v) is 3.89. The second-order valence-corrected chi connectivity index (χ2v) is 8.08. The van der Waals surface area contributed by atoms with Crippen LogP contribution in [-0.4, -0.2) is 39.7 Å². The SMILES string of the molecule is CN(C)/C=N/S(=O)(=O)c1cc(NC(=O)Cc2ccccc2F)ccc1Br. The molecular formula is C17H17BrFN3O3S. The molecule has 6 nitrogen and oxygen atoms in total. The number of carbonyl (C=O) groups is 1. The van der Waals surface area contributed by atoms with Gasteiger partial charge in [0.15, 0.2) is 0 Å². The van der Waals surface area contributed by atoms with Crippen molar-refractivity contribution in [2.24, 2.45) is 4.40 Å². The molecular weight excluding hydrogens is 425 g/mol. The van der Waals surface area contributed by atoms with Crippen molar-refractivity contribution in [2.75, 3.05) is 19.4 Å². The van der Waals surface area contributed by atoms with Crippen molar-refractivity contribution in [3.8, 4) is 0 Å². The maximum absolute atomic E-state index is 13.6. The Labute approximate surface area is 159 Å². The van der Waals surface area contributed by atoms with Gasteiger partial charge >= 0.3 is 0 Å². The van der Waals surface area contributed by atoms with Crippen LogP contribution >= 0.6 is 15.9 Å². The zero-order valence-electron chi connectivity index (χ0n) is 14.1. The van der Waals surface area contributed by atoms with Gasteiger partial charge in [0.1, 0.15) is 17.1 Å². The van der Waals surface area contributed by atoms with Crippen LogP contribution in [0.3, 0.4) is 0 Å². The highest BCUT2D eigenvalue weighted by Crippen LogP contribution is 2.27. The molecule has 1 amide bonds. The van der Waals surface area contributed by atoms with Gasteiger partial charge in [0.05, 0.1) is 6.42 Å². The van der Waals surface area contributed by atoms with E-state index in [1.54, 1.807) is 20.2 Å². The summed E-state index contributed by atoms with van der Waals surface area (Å²) >= 11 is 3.17. The van der Waals surface area contributed by atoms with Crippen LogP contribution in [0.1, 0.15) is 5.56 Å². The fraction of sp³-hybridized carbons (Fsp3) is 0.176. The van der Waals surface area contributed by atoms with Crippen molar-refractivity contribution in [3.05, 3.63) is 58.3 Å². The van der Waals surface area contributed by atoms with Gasteiger partial charge in [0.2, 0.25) is 5.91 Å². The standard InChI is InChI=1S/C17H17BrFN3O3S/c1-22(2)11-20-26(24,25)16-10-13(7-8-14(16)18)21-17(23)9-12-5-3-4-6-15(12)19/h3-8,10-11H,9H2,1-2H3,(H,21,23)/b20-11+. The summed E-state index contributed by atoms with van der Waals surface area (Å²) in [6.07, 6.45) is 1.01. The van der Waals surface area contributed by atoms with Gasteiger partial charge in [-0.1, -0.05) is 18.2 Å². The summed E-state index contributed by atoms with van der Waals surface area (Å²) in [5.41, 5.74) is 0.527. The molecule has 0 spiro atoms. The molecule has 0 aliphatic rings. The Morgan fingerprint density at radius 2 is 1.96 bits per heavy atom. The van der Waals surface area contributed by atoms with Crippen LogP contribution in [0.2, 0.25) is 0 Å². The molecule has 2 rings (SSSR count). The maximum atomic E-state index is 13.6. The highest BCUT2D eigenvalue weighted by atomic mass is 79.9. The first-order valence-corrected chi connectivity index (χ1v) is 9.72. The van der Waals surface area contributed by atoms with E-state index in [9.17, 15) is 17.6 Å². The van der Waals surface area contributed by atoms with E-state index >= 15 is 0 Å². The third-order valence-corrected chi connectivity index (χ3v) is 5.44. The molecule has 0 unspecified atom stereocenters. The second kappa shape index (κ2) is 8.41. The first-order chi connectivity index (χ1) is 12.2. The van der Waals surface area contributed by atoms with Gasteiger partial charge in [0, 0.05) is 24.3 Å². The number of nitrogens with one attached hydrogen (secondary N) is 1. The van der Waals surface area contributed by atoms with E-state index in [1.165, 1.54) is 47.6 Å². The van der Waals surface area contributed by atoms with Gasteiger partial charge in [-0.3, -0.25) is 4.79 Å². The number of nitrogens with zero attached hydrogens (tertiary/aromatic N) is 2. The van der Waals surface area contributed by atoms with Gasteiger partial charge in [-0.15, -0.1) is 4.40 Å². The van der Waals surface area contributed by atoms with Crippen LogP contribution in [0.5, 0.6) is 0 Å². The lowest BCUT2D eigenvalue weighted by Crippen LogP contribution is -2.15. The van der Waals surface area contributed by atoms with Crippen molar-refractivity contribution < 1.29 is 17.6 Å². The first kappa shape index (κ1) is 20.1. The highest BCUT2D eigenvalue weighted by molar-refractivity contribution is 9.10. The second-order valence-electron chi connectivity index (χ2n) is 5.62. The van der Waals surface area contributed by atoms with Gasteiger partial charge in [-0.25, -0.2) is 4.39 Å². The fourth-order valence-electron chi connectivity index (χ4n) is 2.01. The number of sulfonamides is 1. The third-order valence-electron chi connectivity index (χ3n) is 3.22. The quantitative estimate of drug-likeness (QED) is 0.551. The summed E-state index contributed by atoms with van der Waals surface area (Å²) in [5, 5.41) is 2.57. The zero-order valence-corrected chi connectivity index (χ0v) is 16.5. The molecule has 9 heteroatoms. The number of hydrogen-bond acceptors (Lipinski definition) is 3. The van der Waals surface area contributed by atoms with E-state index in [4.69, 9.17) is 0 Å². The molecule has 1 N–H and O–H groups in total. The van der Waals surface area contributed by atoms with Crippen LogP contribution < -0.4 is 5.32 Å². The summed E-state index contributed by atoms with van der Waals surface area (Å²) in [6.45, 7) is 0. The third kappa shape index (κ3) is 5.37. The summed E-state index contributed by atoms with van der Waals surface area (Å²) in [6, 6.07) is 10.3. The Balaban J connectivity index is 2.21. The van der Waals surface area contributed by atoms with Crippen molar-refractivity contribution in [2.45, 2.75) is 11.3 Å². The summed E-state index contributed by atoms with van der Waals surface area (Å²) in [5.74, 6) is -0.933. The number of halogens is 2. The lowest BCUT2D eigenvalue weighted by molar-refractivity contribution is -0.115. The van der Waals surface area contributed by atoms with Crippen LogP contribution in [0.15, 0.2) is 56.2 Å². The average molecular weight is 442 g/mol. The van der Waals surface area contributed by atoms with Gasteiger partial charge < -0.3 is 10.2 Å². The predicted molar refractivity (Wildman–Crippen MR) is 102 cm³/mol. The molecule has 0 aromatic heterocycles. The normalized spacial score (nSPS) is 11.5. The smallest absolute Gasteiger partial charge is 0.284 e. The Morgan fingerprint density at radius 1 is 1.27 bits per heavy atom. The molecule has 0 heterocycles. The molecule has 2 aromatic carbocycles. The Kier molecular flexibility index (Phi) is 6.49. The van der Waals surface area contributed by atoms with Crippen molar-refractivity contribution in [1.29, 1.82) is 0 Å². The number of amides is 1. The minimum Gasteiger partial charge on any atom is -0.368 e. The van der Waals surface area contributed by atoms with E-state index in [2.05, 4.69) is 25.6 Å². The van der Waals surface area contributed by atoms with Crippen molar-refractivity contribution in [1.82, 2.24) is 4.90 Å². The molecule has 0 radical (unpaired) electrons.